The van der Waals surface area contributed by atoms with Crippen LogP contribution in [-0.2, 0) is 5.75 Å². The predicted octanol–water partition coefficient (Wildman–Crippen LogP) is 5.62. The maximum Gasteiger partial charge on any atom is 0.251 e. The number of nitrogens with zero attached hydrogens (tertiary/aromatic N) is 5. The largest absolute Gasteiger partial charge is 0.368 e. The van der Waals surface area contributed by atoms with Crippen molar-refractivity contribution in [1.29, 1.82) is 0 Å². The average Bonchev–Trinajstić information content (AvgIpc) is 2.97. The Balaban J connectivity index is 1.11. The van der Waals surface area contributed by atoms with Crippen molar-refractivity contribution in [1.82, 2.24) is 20.2 Å². The van der Waals surface area contributed by atoms with Crippen LogP contribution >= 0.6 is 35.0 Å². The standard InChI is InChI=1S/C29H34Cl2N6OS/c30-24-5-4-6-25(19-24)36-15-17-37(18-16-36)27-20-26(31)33-29(34-27)39-21-22-7-9-23(10-8-22)28(38)32-11-14-35-12-2-1-3-13-35/h4-10,19-20H,1-3,11-18,21H2,(H,32,38). The van der Waals surface area contributed by atoms with Gasteiger partial charge in [-0.25, -0.2) is 9.97 Å². The van der Waals surface area contributed by atoms with E-state index in [9.17, 15) is 4.79 Å². The quantitative estimate of drug-likeness (QED) is 0.199. The van der Waals surface area contributed by atoms with Crippen LogP contribution in [0.25, 0.3) is 0 Å². The molecule has 0 spiro atoms. The van der Waals surface area contributed by atoms with Crippen molar-refractivity contribution in [3.63, 3.8) is 0 Å². The van der Waals surface area contributed by atoms with E-state index < -0.39 is 0 Å². The summed E-state index contributed by atoms with van der Waals surface area (Å²) in [6.07, 6.45) is 3.84. The van der Waals surface area contributed by atoms with Crippen molar-refractivity contribution in [2.75, 3.05) is 62.2 Å². The summed E-state index contributed by atoms with van der Waals surface area (Å²) in [4.78, 5) is 28.8. The van der Waals surface area contributed by atoms with Crippen molar-refractivity contribution in [2.24, 2.45) is 0 Å². The number of aromatic nitrogens is 2. The molecular weight excluding hydrogens is 551 g/mol. The molecule has 1 amide bonds. The molecule has 1 aromatic heterocycles. The van der Waals surface area contributed by atoms with Gasteiger partial charge in [-0.2, -0.15) is 0 Å². The maximum atomic E-state index is 12.5. The highest BCUT2D eigenvalue weighted by molar-refractivity contribution is 7.98. The van der Waals surface area contributed by atoms with Crippen molar-refractivity contribution >= 4 is 52.4 Å². The van der Waals surface area contributed by atoms with Crippen LogP contribution in [0.3, 0.4) is 0 Å². The Labute approximate surface area is 244 Å². The SMILES string of the molecule is O=C(NCCN1CCCCC1)c1ccc(CSc2nc(Cl)cc(N3CCN(c4cccc(Cl)c4)CC3)n2)cc1. The van der Waals surface area contributed by atoms with E-state index in [0.717, 1.165) is 67.9 Å². The fourth-order valence-corrected chi connectivity index (χ4v) is 6.21. The third-order valence-corrected chi connectivity index (χ3v) is 8.53. The lowest BCUT2D eigenvalue weighted by Crippen LogP contribution is -2.46. The van der Waals surface area contributed by atoms with Crippen molar-refractivity contribution in [3.8, 4) is 0 Å². The second-order valence-corrected chi connectivity index (χ2v) is 11.7. The van der Waals surface area contributed by atoms with Gasteiger partial charge in [0.25, 0.3) is 5.91 Å². The molecule has 3 aromatic rings. The molecule has 2 aliphatic rings. The van der Waals surface area contributed by atoms with E-state index in [2.05, 4.69) is 31.1 Å². The number of likely N-dealkylation sites (tertiary alicyclic amines) is 1. The normalized spacial score (nSPS) is 16.4. The summed E-state index contributed by atoms with van der Waals surface area (Å²) < 4.78 is 0. The Morgan fingerprint density at radius 2 is 1.62 bits per heavy atom. The summed E-state index contributed by atoms with van der Waals surface area (Å²) in [5, 5.41) is 4.89. The number of halogens is 2. The van der Waals surface area contributed by atoms with E-state index >= 15 is 0 Å². The van der Waals surface area contributed by atoms with Gasteiger partial charge in [0.1, 0.15) is 11.0 Å². The third-order valence-electron chi connectivity index (χ3n) is 7.18. The highest BCUT2D eigenvalue weighted by atomic mass is 35.5. The average molecular weight is 586 g/mol. The Hall–Kier alpha value is -2.52. The molecule has 2 saturated heterocycles. The molecule has 2 aromatic carbocycles. The summed E-state index contributed by atoms with van der Waals surface area (Å²) in [5.41, 5.74) is 2.92. The van der Waals surface area contributed by atoms with Gasteiger partial charge in [0, 0.05) is 67.4 Å². The summed E-state index contributed by atoms with van der Waals surface area (Å²) in [7, 11) is 0. The molecule has 0 saturated carbocycles. The van der Waals surface area contributed by atoms with Crippen molar-refractivity contribution < 1.29 is 4.79 Å². The molecule has 0 aliphatic carbocycles. The molecule has 39 heavy (non-hydrogen) atoms. The van der Waals surface area contributed by atoms with Gasteiger partial charge in [0.2, 0.25) is 0 Å². The van der Waals surface area contributed by atoms with E-state index in [-0.39, 0.29) is 5.91 Å². The second-order valence-electron chi connectivity index (χ2n) is 9.93. The van der Waals surface area contributed by atoms with E-state index in [1.54, 1.807) is 11.8 Å². The first-order valence-electron chi connectivity index (χ1n) is 13.6. The molecule has 0 unspecified atom stereocenters. The zero-order chi connectivity index (χ0) is 27.0. The summed E-state index contributed by atoms with van der Waals surface area (Å²) >= 11 is 14.1. The number of carbonyl (C=O) groups is 1. The number of piperazine rings is 1. The predicted molar refractivity (Wildman–Crippen MR) is 162 cm³/mol. The van der Waals surface area contributed by atoms with Crippen LogP contribution in [0.1, 0.15) is 35.2 Å². The lowest BCUT2D eigenvalue weighted by atomic mass is 10.1. The van der Waals surface area contributed by atoms with Crippen LogP contribution in [-0.4, -0.2) is 73.1 Å². The number of benzene rings is 2. The molecule has 2 fully saturated rings. The van der Waals surface area contributed by atoms with E-state index in [0.29, 0.717) is 28.2 Å². The van der Waals surface area contributed by atoms with E-state index in [4.69, 9.17) is 28.2 Å². The topological polar surface area (TPSA) is 64.6 Å². The molecule has 0 radical (unpaired) electrons. The molecule has 1 N–H and O–H groups in total. The van der Waals surface area contributed by atoms with Crippen molar-refractivity contribution in [3.05, 3.63) is 75.9 Å². The van der Waals surface area contributed by atoms with Gasteiger partial charge in [-0.1, -0.05) is 59.6 Å². The number of anilines is 2. The summed E-state index contributed by atoms with van der Waals surface area (Å²) in [6, 6.07) is 17.6. The molecule has 10 heteroatoms. The number of amides is 1. The van der Waals surface area contributed by atoms with E-state index in [1.807, 2.05) is 48.5 Å². The van der Waals surface area contributed by atoms with Gasteiger partial charge >= 0.3 is 0 Å². The number of nitrogens with one attached hydrogen (secondary N) is 1. The summed E-state index contributed by atoms with van der Waals surface area (Å²) in [5.74, 6) is 1.52. The second kappa shape index (κ2) is 13.7. The van der Waals surface area contributed by atoms with Gasteiger partial charge in [-0.3, -0.25) is 4.79 Å². The van der Waals surface area contributed by atoms with Gasteiger partial charge in [-0.05, 0) is 61.8 Å². The molecule has 5 rings (SSSR count). The molecule has 2 aliphatic heterocycles. The van der Waals surface area contributed by atoms with Gasteiger partial charge in [-0.15, -0.1) is 0 Å². The highest BCUT2D eigenvalue weighted by Crippen LogP contribution is 2.27. The zero-order valence-electron chi connectivity index (χ0n) is 22.0. The zero-order valence-corrected chi connectivity index (χ0v) is 24.3. The first-order valence-corrected chi connectivity index (χ1v) is 15.3. The number of carbonyl (C=O) groups excluding carboxylic acids is 1. The van der Waals surface area contributed by atoms with Gasteiger partial charge < -0.3 is 20.0 Å². The summed E-state index contributed by atoms with van der Waals surface area (Å²) in [6.45, 7) is 7.31. The van der Waals surface area contributed by atoms with Gasteiger partial charge in [0.15, 0.2) is 5.16 Å². The molecule has 0 bridgehead atoms. The number of piperidine rings is 1. The molecule has 7 nitrogen and oxygen atoms in total. The number of hydrogen-bond donors (Lipinski definition) is 1. The Kier molecular flexibility index (Phi) is 9.85. The van der Waals surface area contributed by atoms with Crippen LogP contribution < -0.4 is 15.1 Å². The number of hydrogen-bond acceptors (Lipinski definition) is 7. The minimum Gasteiger partial charge on any atom is -0.368 e. The Morgan fingerprint density at radius 3 is 2.36 bits per heavy atom. The Morgan fingerprint density at radius 1 is 0.872 bits per heavy atom. The van der Waals surface area contributed by atoms with Crippen molar-refractivity contribution in [2.45, 2.75) is 30.2 Å². The van der Waals surface area contributed by atoms with Crippen LogP contribution in [0.15, 0.2) is 59.8 Å². The van der Waals surface area contributed by atoms with Gasteiger partial charge in [0.05, 0.1) is 0 Å². The molecule has 3 heterocycles. The van der Waals surface area contributed by atoms with Crippen LogP contribution in [0.4, 0.5) is 11.5 Å². The lowest BCUT2D eigenvalue weighted by molar-refractivity contribution is 0.0946. The molecule has 0 atom stereocenters. The Bertz CT molecular complexity index is 1250. The van der Waals surface area contributed by atoms with E-state index in [1.165, 1.54) is 19.3 Å². The minimum atomic E-state index is -0.0236. The molecular formula is C29H34Cl2N6OS. The first-order chi connectivity index (χ1) is 19.0. The highest BCUT2D eigenvalue weighted by Gasteiger charge is 2.20. The monoisotopic (exact) mass is 584 g/mol. The van der Waals surface area contributed by atoms with Crippen LogP contribution in [0.2, 0.25) is 10.2 Å². The lowest BCUT2D eigenvalue weighted by Gasteiger charge is -2.36. The number of rotatable bonds is 9. The van der Waals surface area contributed by atoms with Crippen LogP contribution in [0, 0.1) is 0 Å². The molecule has 206 valence electrons. The first kappa shape index (κ1) is 28.0. The minimum absolute atomic E-state index is 0.0236. The third kappa shape index (κ3) is 8.01. The fraction of sp³-hybridized carbons (Fsp3) is 0.414. The maximum absolute atomic E-state index is 12.5. The fourth-order valence-electron chi connectivity index (χ4n) is 4.99. The van der Waals surface area contributed by atoms with Crippen LogP contribution in [0.5, 0.6) is 0 Å². The number of thioether (sulfide) groups is 1. The smallest absolute Gasteiger partial charge is 0.251 e.